The molecule has 7 heteroatoms. The molecule has 1 aliphatic heterocycles. The molecule has 0 unspecified atom stereocenters. The number of pyridine rings is 1. The van der Waals surface area contributed by atoms with E-state index in [1.807, 2.05) is 19.1 Å². The van der Waals surface area contributed by atoms with Crippen molar-refractivity contribution in [3.05, 3.63) is 39.4 Å². The predicted molar refractivity (Wildman–Crippen MR) is 88.8 cm³/mol. The summed E-state index contributed by atoms with van der Waals surface area (Å²) in [6.45, 7) is 3.53. The van der Waals surface area contributed by atoms with E-state index in [0.29, 0.717) is 9.90 Å². The first-order valence-corrected chi connectivity index (χ1v) is 8.47. The molecule has 1 N–H and O–H groups in total. The number of hydrogen-bond acceptors (Lipinski definition) is 5. The molecule has 5 nitrogen and oxygen atoms in total. The minimum Gasteiger partial charge on any atom is -0.355 e. The summed E-state index contributed by atoms with van der Waals surface area (Å²) in [5, 5.41) is 3.77. The summed E-state index contributed by atoms with van der Waals surface area (Å²) in [5.41, 5.74) is 2.50. The SMILES string of the molecule is Cc1ncsc1C(=O)NC1CCN(c2ncccc2Cl)CC1. The van der Waals surface area contributed by atoms with Crippen molar-refractivity contribution in [2.24, 2.45) is 0 Å². The Morgan fingerprint density at radius 2 is 2.18 bits per heavy atom. The molecule has 0 aromatic carbocycles. The van der Waals surface area contributed by atoms with Crippen LogP contribution in [0.4, 0.5) is 5.82 Å². The number of hydrogen-bond donors (Lipinski definition) is 1. The molecule has 22 heavy (non-hydrogen) atoms. The van der Waals surface area contributed by atoms with Crippen LogP contribution < -0.4 is 10.2 Å². The smallest absolute Gasteiger partial charge is 0.263 e. The van der Waals surface area contributed by atoms with E-state index >= 15 is 0 Å². The second-order valence-electron chi connectivity index (χ2n) is 5.31. The third kappa shape index (κ3) is 3.23. The van der Waals surface area contributed by atoms with Gasteiger partial charge >= 0.3 is 0 Å². The molecule has 3 heterocycles. The van der Waals surface area contributed by atoms with Crippen LogP contribution in [0.3, 0.4) is 0 Å². The molecule has 0 saturated carbocycles. The number of amides is 1. The van der Waals surface area contributed by atoms with Crippen molar-refractivity contribution in [2.75, 3.05) is 18.0 Å². The average molecular weight is 337 g/mol. The summed E-state index contributed by atoms with van der Waals surface area (Å²) in [7, 11) is 0. The molecule has 1 saturated heterocycles. The maximum Gasteiger partial charge on any atom is 0.263 e. The van der Waals surface area contributed by atoms with Crippen LogP contribution >= 0.6 is 22.9 Å². The number of aryl methyl sites for hydroxylation is 1. The summed E-state index contributed by atoms with van der Waals surface area (Å²) in [6, 6.07) is 3.87. The van der Waals surface area contributed by atoms with Crippen LogP contribution in [-0.2, 0) is 0 Å². The van der Waals surface area contributed by atoms with Gasteiger partial charge < -0.3 is 10.2 Å². The van der Waals surface area contributed by atoms with Crippen molar-refractivity contribution < 1.29 is 4.79 Å². The number of piperidine rings is 1. The minimum atomic E-state index is -0.0191. The molecule has 2 aromatic heterocycles. The van der Waals surface area contributed by atoms with E-state index in [0.717, 1.165) is 37.4 Å². The Labute approximate surface area is 138 Å². The van der Waals surface area contributed by atoms with E-state index in [4.69, 9.17) is 11.6 Å². The van der Waals surface area contributed by atoms with Gasteiger partial charge in [-0.1, -0.05) is 11.6 Å². The normalized spacial score (nSPS) is 15.8. The maximum absolute atomic E-state index is 12.2. The lowest BCUT2D eigenvalue weighted by atomic mass is 10.0. The Balaban J connectivity index is 1.57. The van der Waals surface area contributed by atoms with Crippen LogP contribution in [0.15, 0.2) is 23.8 Å². The Kier molecular flexibility index (Phi) is 4.59. The van der Waals surface area contributed by atoms with Gasteiger partial charge in [-0.2, -0.15) is 0 Å². The zero-order valence-electron chi connectivity index (χ0n) is 12.3. The summed E-state index contributed by atoms with van der Waals surface area (Å²) in [4.78, 5) is 23.5. The summed E-state index contributed by atoms with van der Waals surface area (Å²) in [6.07, 6.45) is 3.52. The number of anilines is 1. The first-order valence-electron chi connectivity index (χ1n) is 7.21. The van der Waals surface area contributed by atoms with Gasteiger partial charge in [0.15, 0.2) is 0 Å². The van der Waals surface area contributed by atoms with E-state index in [1.54, 1.807) is 11.7 Å². The van der Waals surface area contributed by atoms with Crippen molar-refractivity contribution >= 4 is 34.7 Å². The van der Waals surface area contributed by atoms with Crippen LogP contribution in [0, 0.1) is 6.92 Å². The van der Waals surface area contributed by atoms with E-state index in [9.17, 15) is 4.79 Å². The largest absolute Gasteiger partial charge is 0.355 e. The zero-order valence-corrected chi connectivity index (χ0v) is 13.8. The number of aromatic nitrogens is 2. The topological polar surface area (TPSA) is 58.1 Å². The summed E-state index contributed by atoms with van der Waals surface area (Å²) < 4.78 is 0. The van der Waals surface area contributed by atoms with Gasteiger partial charge in [-0.15, -0.1) is 11.3 Å². The molecule has 1 fully saturated rings. The molecule has 1 amide bonds. The van der Waals surface area contributed by atoms with Gasteiger partial charge in [0, 0.05) is 25.3 Å². The molecule has 0 aliphatic carbocycles. The molecule has 0 radical (unpaired) electrons. The monoisotopic (exact) mass is 336 g/mol. The van der Waals surface area contributed by atoms with Crippen LogP contribution in [-0.4, -0.2) is 35.0 Å². The fraction of sp³-hybridized carbons (Fsp3) is 0.400. The number of rotatable bonds is 3. The quantitative estimate of drug-likeness (QED) is 0.936. The van der Waals surface area contributed by atoms with Crippen LogP contribution in [0.2, 0.25) is 5.02 Å². The highest BCUT2D eigenvalue weighted by molar-refractivity contribution is 7.11. The lowest BCUT2D eigenvalue weighted by Crippen LogP contribution is -2.45. The van der Waals surface area contributed by atoms with Crippen molar-refractivity contribution in [1.29, 1.82) is 0 Å². The zero-order chi connectivity index (χ0) is 15.5. The molecule has 1 aliphatic rings. The van der Waals surface area contributed by atoms with Crippen molar-refractivity contribution in [2.45, 2.75) is 25.8 Å². The van der Waals surface area contributed by atoms with Gasteiger partial charge in [0.2, 0.25) is 0 Å². The minimum absolute atomic E-state index is 0.0191. The van der Waals surface area contributed by atoms with E-state index in [2.05, 4.69) is 20.2 Å². The average Bonchev–Trinajstić information content (AvgIpc) is 2.95. The fourth-order valence-corrected chi connectivity index (χ4v) is 3.56. The van der Waals surface area contributed by atoms with Crippen LogP contribution in [0.5, 0.6) is 0 Å². The van der Waals surface area contributed by atoms with Crippen LogP contribution in [0.1, 0.15) is 28.2 Å². The maximum atomic E-state index is 12.2. The lowest BCUT2D eigenvalue weighted by Gasteiger charge is -2.33. The molecule has 2 aromatic rings. The third-order valence-corrected chi connectivity index (χ3v) is 5.04. The number of thiazole rings is 1. The number of carbonyl (C=O) groups excluding carboxylic acids is 1. The number of halogens is 1. The first-order chi connectivity index (χ1) is 10.6. The summed E-state index contributed by atoms with van der Waals surface area (Å²) in [5.74, 6) is 0.807. The Morgan fingerprint density at radius 3 is 2.82 bits per heavy atom. The molecule has 0 atom stereocenters. The van der Waals surface area contributed by atoms with Gasteiger partial charge in [0.05, 0.1) is 16.2 Å². The van der Waals surface area contributed by atoms with Crippen molar-refractivity contribution in [1.82, 2.24) is 15.3 Å². The predicted octanol–water partition coefficient (Wildman–Crippen LogP) is 2.90. The first kappa shape index (κ1) is 15.2. The van der Waals surface area contributed by atoms with Gasteiger partial charge in [-0.25, -0.2) is 9.97 Å². The van der Waals surface area contributed by atoms with Gasteiger partial charge in [0.1, 0.15) is 10.7 Å². The summed E-state index contributed by atoms with van der Waals surface area (Å²) >= 11 is 7.57. The number of nitrogens with zero attached hydrogens (tertiary/aromatic N) is 3. The fourth-order valence-electron chi connectivity index (χ4n) is 2.62. The third-order valence-electron chi connectivity index (χ3n) is 3.82. The standard InChI is InChI=1S/C15H17ClN4OS/c1-10-13(22-9-18-10)15(21)19-11-4-7-20(8-5-11)14-12(16)3-2-6-17-14/h2-3,6,9,11H,4-5,7-8H2,1H3,(H,19,21). The Bertz CT molecular complexity index is 667. The Hall–Kier alpha value is -1.66. The van der Waals surface area contributed by atoms with Gasteiger partial charge in [0.25, 0.3) is 5.91 Å². The van der Waals surface area contributed by atoms with E-state index < -0.39 is 0 Å². The van der Waals surface area contributed by atoms with Gasteiger partial charge in [-0.05, 0) is 31.9 Å². The number of nitrogens with one attached hydrogen (secondary N) is 1. The molecular weight excluding hydrogens is 320 g/mol. The molecular formula is C15H17ClN4OS. The highest BCUT2D eigenvalue weighted by Crippen LogP contribution is 2.25. The second kappa shape index (κ2) is 6.62. The van der Waals surface area contributed by atoms with E-state index in [-0.39, 0.29) is 11.9 Å². The lowest BCUT2D eigenvalue weighted by molar-refractivity contribution is 0.0934. The molecule has 3 rings (SSSR count). The van der Waals surface area contributed by atoms with E-state index in [1.165, 1.54) is 11.3 Å². The highest BCUT2D eigenvalue weighted by Gasteiger charge is 2.24. The molecule has 116 valence electrons. The molecule has 0 spiro atoms. The highest BCUT2D eigenvalue weighted by atomic mass is 35.5. The molecule has 0 bridgehead atoms. The van der Waals surface area contributed by atoms with Gasteiger partial charge in [-0.3, -0.25) is 4.79 Å². The second-order valence-corrected chi connectivity index (χ2v) is 6.57. The number of carbonyl (C=O) groups is 1. The van der Waals surface area contributed by atoms with Crippen molar-refractivity contribution in [3.8, 4) is 0 Å². The Morgan fingerprint density at radius 1 is 1.41 bits per heavy atom. The van der Waals surface area contributed by atoms with Crippen LogP contribution in [0.25, 0.3) is 0 Å². The van der Waals surface area contributed by atoms with Crippen molar-refractivity contribution in [3.63, 3.8) is 0 Å².